The Morgan fingerprint density at radius 2 is 2.08 bits per heavy atom. The highest BCUT2D eigenvalue weighted by molar-refractivity contribution is 5.99. The summed E-state index contributed by atoms with van der Waals surface area (Å²) >= 11 is 0. The van der Waals surface area contributed by atoms with E-state index in [9.17, 15) is 4.79 Å². The molecule has 2 aromatic rings. The van der Waals surface area contributed by atoms with E-state index in [2.05, 4.69) is 24.2 Å². The van der Waals surface area contributed by atoms with Gasteiger partial charge in [-0.05, 0) is 64.0 Å². The van der Waals surface area contributed by atoms with Gasteiger partial charge in [-0.1, -0.05) is 5.16 Å². The predicted molar refractivity (Wildman–Crippen MR) is 98.2 cm³/mol. The van der Waals surface area contributed by atoms with Gasteiger partial charge in [0.15, 0.2) is 0 Å². The van der Waals surface area contributed by atoms with E-state index in [1.807, 2.05) is 4.90 Å². The highest BCUT2D eigenvalue weighted by atomic mass is 16.5. The van der Waals surface area contributed by atoms with Crippen LogP contribution in [0, 0.1) is 5.92 Å². The SMILES string of the molecule is C[C@H]1CCc2c(ccc(-c3cnoc3)c2OC2CCC2)N1C(=O)C1CC1. The molecule has 0 spiro atoms. The van der Waals surface area contributed by atoms with Crippen LogP contribution in [0.25, 0.3) is 11.1 Å². The lowest BCUT2D eigenvalue weighted by Gasteiger charge is -2.38. The summed E-state index contributed by atoms with van der Waals surface area (Å²) in [6.07, 6.45) is 11.1. The summed E-state index contributed by atoms with van der Waals surface area (Å²) in [6.45, 7) is 2.16. The largest absolute Gasteiger partial charge is 0.489 e. The molecule has 0 saturated heterocycles. The number of aromatic nitrogens is 1. The molecule has 5 heteroatoms. The zero-order chi connectivity index (χ0) is 17.7. The minimum atomic E-state index is 0.220. The number of carbonyl (C=O) groups is 1. The standard InChI is InChI=1S/C21H24N2O3/c1-13-5-8-18-19(23(13)21(24)14-6-7-14)10-9-17(15-11-22-25-12-15)20(18)26-16-3-2-4-16/h9-14,16H,2-8H2,1H3/t13-/m0/s1. The molecule has 5 nitrogen and oxygen atoms in total. The van der Waals surface area contributed by atoms with Crippen molar-refractivity contribution in [2.75, 3.05) is 4.90 Å². The molecule has 0 radical (unpaired) electrons. The number of carbonyl (C=O) groups excluding carboxylic acids is 1. The molecule has 5 rings (SSSR count). The van der Waals surface area contributed by atoms with Gasteiger partial charge in [-0.2, -0.15) is 0 Å². The van der Waals surface area contributed by atoms with Crippen molar-refractivity contribution in [3.8, 4) is 16.9 Å². The first kappa shape index (κ1) is 15.9. The average molecular weight is 352 g/mol. The van der Waals surface area contributed by atoms with Gasteiger partial charge in [-0.15, -0.1) is 0 Å². The fraction of sp³-hybridized carbons (Fsp3) is 0.524. The van der Waals surface area contributed by atoms with Crippen molar-refractivity contribution in [3.63, 3.8) is 0 Å². The van der Waals surface area contributed by atoms with Crippen LogP contribution in [-0.4, -0.2) is 23.2 Å². The van der Waals surface area contributed by atoms with Crippen LogP contribution in [-0.2, 0) is 11.2 Å². The summed E-state index contributed by atoms with van der Waals surface area (Å²) in [5.41, 5.74) is 4.16. The topological polar surface area (TPSA) is 55.6 Å². The zero-order valence-corrected chi connectivity index (χ0v) is 15.1. The van der Waals surface area contributed by atoms with Crippen LogP contribution >= 0.6 is 0 Å². The molecule has 2 saturated carbocycles. The van der Waals surface area contributed by atoms with Crippen molar-refractivity contribution < 1.29 is 14.1 Å². The van der Waals surface area contributed by atoms with Crippen molar-refractivity contribution in [1.29, 1.82) is 0 Å². The number of benzene rings is 1. The third-order valence-electron chi connectivity index (χ3n) is 5.99. The predicted octanol–water partition coefficient (Wildman–Crippen LogP) is 4.35. The van der Waals surface area contributed by atoms with Gasteiger partial charge in [-0.25, -0.2) is 0 Å². The first-order chi connectivity index (χ1) is 12.7. The second-order valence-corrected chi connectivity index (χ2v) is 7.89. The second-order valence-electron chi connectivity index (χ2n) is 7.89. The van der Waals surface area contributed by atoms with Gasteiger partial charge in [0, 0.05) is 28.7 Å². The van der Waals surface area contributed by atoms with Crippen molar-refractivity contribution in [3.05, 3.63) is 30.2 Å². The normalized spacial score (nSPS) is 22.7. The smallest absolute Gasteiger partial charge is 0.230 e. The summed E-state index contributed by atoms with van der Waals surface area (Å²) in [4.78, 5) is 14.9. The Bertz CT molecular complexity index is 822. The summed E-state index contributed by atoms with van der Waals surface area (Å²) < 4.78 is 11.5. The Morgan fingerprint density at radius 3 is 2.73 bits per heavy atom. The van der Waals surface area contributed by atoms with Crippen LogP contribution in [0.3, 0.4) is 0 Å². The van der Waals surface area contributed by atoms with Gasteiger partial charge in [0.25, 0.3) is 0 Å². The van der Waals surface area contributed by atoms with Gasteiger partial charge in [0.1, 0.15) is 12.0 Å². The fourth-order valence-electron chi connectivity index (χ4n) is 4.02. The minimum Gasteiger partial charge on any atom is -0.489 e. The van der Waals surface area contributed by atoms with E-state index in [0.717, 1.165) is 61.1 Å². The maximum Gasteiger partial charge on any atom is 0.230 e. The number of rotatable bonds is 4. The molecule has 26 heavy (non-hydrogen) atoms. The Balaban J connectivity index is 1.61. The van der Waals surface area contributed by atoms with Crippen LogP contribution in [0.1, 0.15) is 51.0 Å². The molecule has 1 atom stereocenters. The molecule has 0 unspecified atom stereocenters. The Labute approximate surface area is 153 Å². The Hall–Kier alpha value is -2.30. The molecule has 136 valence electrons. The third kappa shape index (κ3) is 2.61. The van der Waals surface area contributed by atoms with E-state index in [4.69, 9.17) is 9.26 Å². The van der Waals surface area contributed by atoms with E-state index < -0.39 is 0 Å². The number of anilines is 1. The quantitative estimate of drug-likeness (QED) is 0.821. The molecule has 1 aromatic carbocycles. The first-order valence-electron chi connectivity index (χ1n) is 9.77. The maximum atomic E-state index is 12.9. The van der Waals surface area contributed by atoms with Crippen LogP contribution in [0.2, 0.25) is 0 Å². The minimum absolute atomic E-state index is 0.220. The van der Waals surface area contributed by atoms with E-state index in [1.54, 1.807) is 12.5 Å². The number of hydrogen-bond donors (Lipinski definition) is 0. The van der Waals surface area contributed by atoms with Crippen molar-refractivity contribution >= 4 is 11.6 Å². The van der Waals surface area contributed by atoms with Crippen molar-refractivity contribution in [1.82, 2.24) is 5.16 Å². The van der Waals surface area contributed by atoms with Gasteiger partial charge in [0.2, 0.25) is 5.91 Å². The molecule has 1 aliphatic heterocycles. The molecule has 1 amide bonds. The number of nitrogens with zero attached hydrogens (tertiary/aromatic N) is 2. The summed E-state index contributed by atoms with van der Waals surface area (Å²) in [6, 6.07) is 4.39. The van der Waals surface area contributed by atoms with E-state index in [1.165, 1.54) is 12.0 Å². The van der Waals surface area contributed by atoms with Crippen LogP contribution in [0.5, 0.6) is 5.75 Å². The lowest BCUT2D eigenvalue weighted by atomic mass is 9.91. The van der Waals surface area contributed by atoms with Crippen molar-refractivity contribution in [2.45, 2.75) is 64.0 Å². The highest BCUT2D eigenvalue weighted by Gasteiger charge is 2.39. The van der Waals surface area contributed by atoms with Gasteiger partial charge in [-0.3, -0.25) is 4.79 Å². The molecule has 2 heterocycles. The van der Waals surface area contributed by atoms with Crippen LogP contribution < -0.4 is 9.64 Å². The third-order valence-corrected chi connectivity index (χ3v) is 5.99. The molecule has 0 bridgehead atoms. The number of ether oxygens (including phenoxy) is 1. The van der Waals surface area contributed by atoms with Crippen LogP contribution in [0.15, 0.2) is 29.1 Å². The maximum absolute atomic E-state index is 12.9. The average Bonchev–Trinajstić information content (AvgIpc) is 3.32. The van der Waals surface area contributed by atoms with Gasteiger partial charge < -0.3 is 14.2 Å². The Kier molecular flexibility index (Phi) is 3.76. The highest BCUT2D eigenvalue weighted by Crippen LogP contribution is 2.46. The Morgan fingerprint density at radius 1 is 1.23 bits per heavy atom. The molecule has 1 aromatic heterocycles. The molecule has 3 aliphatic rings. The molecular weight excluding hydrogens is 328 g/mol. The number of fused-ring (bicyclic) bond motifs is 1. The zero-order valence-electron chi connectivity index (χ0n) is 15.1. The second kappa shape index (κ2) is 6.15. The van der Waals surface area contributed by atoms with Crippen molar-refractivity contribution in [2.24, 2.45) is 5.92 Å². The summed E-state index contributed by atoms with van der Waals surface area (Å²) in [5, 5.41) is 3.86. The lowest BCUT2D eigenvalue weighted by Crippen LogP contribution is -2.43. The van der Waals surface area contributed by atoms with Gasteiger partial charge >= 0.3 is 0 Å². The van der Waals surface area contributed by atoms with E-state index in [-0.39, 0.29) is 24.0 Å². The van der Waals surface area contributed by atoms with Gasteiger partial charge in [0.05, 0.1) is 18.0 Å². The first-order valence-corrected chi connectivity index (χ1v) is 9.77. The van der Waals surface area contributed by atoms with E-state index >= 15 is 0 Å². The summed E-state index contributed by atoms with van der Waals surface area (Å²) in [5.74, 6) is 1.43. The monoisotopic (exact) mass is 352 g/mol. The number of hydrogen-bond acceptors (Lipinski definition) is 4. The number of amides is 1. The molecule has 2 fully saturated rings. The molecular formula is C21H24N2O3. The van der Waals surface area contributed by atoms with E-state index in [0.29, 0.717) is 0 Å². The summed E-state index contributed by atoms with van der Waals surface area (Å²) in [7, 11) is 0. The lowest BCUT2D eigenvalue weighted by molar-refractivity contribution is -0.120. The van der Waals surface area contributed by atoms with Crippen LogP contribution in [0.4, 0.5) is 5.69 Å². The molecule has 0 N–H and O–H groups in total. The fourth-order valence-corrected chi connectivity index (χ4v) is 4.02. The molecule has 2 aliphatic carbocycles.